The summed E-state index contributed by atoms with van der Waals surface area (Å²) in [6.07, 6.45) is 0. The van der Waals surface area contributed by atoms with E-state index < -0.39 is 0 Å². The van der Waals surface area contributed by atoms with Gasteiger partial charge in [0.1, 0.15) is 5.82 Å². The number of anilines is 1. The van der Waals surface area contributed by atoms with Gasteiger partial charge in [0.05, 0.1) is 17.2 Å². The highest BCUT2D eigenvalue weighted by molar-refractivity contribution is 7.09. The lowest BCUT2D eigenvalue weighted by Gasteiger charge is -2.35. The van der Waals surface area contributed by atoms with Gasteiger partial charge < -0.3 is 4.90 Å². The van der Waals surface area contributed by atoms with Gasteiger partial charge in [0.2, 0.25) is 0 Å². The van der Waals surface area contributed by atoms with Crippen molar-refractivity contribution in [1.29, 1.82) is 0 Å². The predicted octanol–water partition coefficient (Wildman–Crippen LogP) is 2.38. The van der Waals surface area contributed by atoms with Crippen molar-refractivity contribution >= 4 is 17.2 Å². The summed E-state index contributed by atoms with van der Waals surface area (Å²) < 4.78 is 1.55. The molecule has 0 amide bonds. The van der Waals surface area contributed by atoms with E-state index in [0.29, 0.717) is 6.54 Å². The number of nitrogens with zero attached hydrogens (tertiary/aromatic N) is 5. The highest BCUT2D eigenvalue weighted by Gasteiger charge is 2.19. The van der Waals surface area contributed by atoms with E-state index in [9.17, 15) is 4.79 Å². The molecule has 0 saturated carbocycles. The summed E-state index contributed by atoms with van der Waals surface area (Å²) in [6.45, 7) is 7.18. The summed E-state index contributed by atoms with van der Waals surface area (Å²) >= 11 is 1.70. The Kier molecular flexibility index (Phi) is 5.31. The van der Waals surface area contributed by atoms with Crippen molar-refractivity contribution in [3.8, 4) is 0 Å². The van der Waals surface area contributed by atoms with Gasteiger partial charge in [-0.25, -0.2) is 9.67 Å². The zero-order valence-electron chi connectivity index (χ0n) is 15.4. The molecule has 1 aliphatic rings. The molecule has 0 bridgehead atoms. The third-order valence-corrected chi connectivity index (χ3v) is 5.60. The van der Waals surface area contributed by atoms with E-state index in [2.05, 4.69) is 25.3 Å². The average Bonchev–Trinajstić information content (AvgIpc) is 3.10. The molecule has 1 fully saturated rings. The van der Waals surface area contributed by atoms with Crippen molar-refractivity contribution in [2.24, 2.45) is 0 Å². The Morgan fingerprint density at radius 1 is 1.00 bits per heavy atom. The number of hydrogen-bond donors (Lipinski definition) is 0. The van der Waals surface area contributed by atoms with Gasteiger partial charge in [-0.05, 0) is 18.6 Å². The molecule has 0 spiro atoms. The zero-order chi connectivity index (χ0) is 18.6. The molecule has 0 N–H and O–H groups in total. The SMILES string of the molecule is Cc1nc(CN2CCN(c3ccc(=O)n(Cc4ccccc4)n3)CC2)cs1. The molecule has 0 unspecified atom stereocenters. The van der Waals surface area contributed by atoms with Crippen LogP contribution < -0.4 is 10.5 Å². The summed E-state index contributed by atoms with van der Waals surface area (Å²) in [4.78, 5) is 21.4. The van der Waals surface area contributed by atoms with Gasteiger partial charge in [-0.15, -0.1) is 11.3 Å². The molecule has 0 aliphatic carbocycles. The minimum Gasteiger partial charge on any atom is -0.353 e. The molecule has 4 rings (SSSR count). The van der Waals surface area contributed by atoms with Crippen molar-refractivity contribution in [2.45, 2.75) is 20.0 Å². The minimum absolute atomic E-state index is 0.0693. The first-order chi connectivity index (χ1) is 13.2. The van der Waals surface area contributed by atoms with Crippen LogP contribution in [0.25, 0.3) is 0 Å². The summed E-state index contributed by atoms with van der Waals surface area (Å²) in [5, 5.41) is 7.87. The lowest BCUT2D eigenvalue weighted by Crippen LogP contribution is -2.46. The molecule has 0 atom stereocenters. The first-order valence-electron chi connectivity index (χ1n) is 9.18. The van der Waals surface area contributed by atoms with Crippen LogP contribution in [0, 0.1) is 6.92 Å². The Morgan fingerprint density at radius 3 is 2.48 bits per heavy atom. The van der Waals surface area contributed by atoms with Gasteiger partial charge in [-0.3, -0.25) is 9.69 Å². The van der Waals surface area contributed by atoms with E-state index in [1.54, 1.807) is 22.1 Å². The highest BCUT2D eigenvalue weighted by Crippen LogP contribution is 2.15. The Balaban J connectivity index is 1.41. The van der Waals surface area contributed by atoms with E-state index in [0.717, 1.165) is 54.8 Å². The quantitative estimate of drug-likeness (QED) is 0.679. The molecule has 3 heterocycles. The first kappa shape index (κ1) is 17.9. The van der Waals surface area contributed by atoms with Gasteiger partial charge >= 0.3 is 0 Å². The van der Waals surface area contributed by atoms with Gasteiger partial charge in [0.25, 0.3) is 5.56 Å². The molecule has 1 saturated heterocycles. The molecule has 140 valence electrons. The van der Waals surface area contributed by atoms with E-state index in [1.807, 2.05) is 43.3 Å². The molecule has 0 radical (unpaired) electrons. The smallest absolute Gasteiger partial charge is 0.267 e. The van der Waals surface area contributed by atoms with Crippen LogP contribution in [0.3, 0.4) is 0 Å². The second kappa shape index (κ2) is 8.02. The maximum atomic E-state index is 12.2. The molecule has 7 heteroatoms. The predicted molar refractivity (Wildman–Crippen MR) is 108 cm³/mol. The largest absolute Gasteiger partial charge is 0.353 e. The van der Waals surface area contributed by atoms with Gasteiger partial charge in [-0.1, -0.05) is 30.3 Å². The Labute approximate surface area is 162 Å². The van der Waals surface area contributed by atoms with E-state index >= 15 is 0 Å². The lowest BCUT2D eigenvalue weighted by atomic mass is 10.2. The van der Waals surface area contributed by atoms with Crippen LogP contribution in [0.1, 0.15) is 16.3 Å². The third kappa shape index (κ3) is 4.43. The molecule has 2 aromatic heterocycles. The van der Waals surface area contributed by atoms with E-state index in [-0.39, 0.29) is 5.56 Å². The Morgan fingerprint density at radius 2 is 1.78 bits per heavy atom. The summed E-state index contributed by atoms with van der Waals surface area (Å²) in [5.74, 6) is 0.870. The monoisotopic (exact) mass is 381 g/mol. The second-order valence-electron chi connectivity index (χ2n) is 6.79. The number of rotatable bonds is 5. The Bertz CT molecular complexity index is 944. The van der Waals surface area contributed by atoms with Crippen LogP contribution in [0.5, 0.6) is 0 Å². The standard InChI is InChI=1S/C20H23N5OS/c1-16-21-18(15-27-16)14-23-9-11-24(12-10-23)19-7-8-20(26)25(22-19)13-17-5-3-2-4-6-17/h2-8,15H,9-14H2,1H3. The zero-order valence-corrected chi connectivity index (χ0v) is 16.2. The Hall–Kier alpha value is -2.51. The fourth-order valence-corrected chi connectivity index (χ4v) is 3.93. The van der Waals surface area contributed by atoms with Crippen LogP contribution in [-0.4, -0.2) is 45.8 Å². The lowest BCUT2D eigenvalue weighted by molar-refractivity contribution is 0.246. The van der Waals surface area contributed by atoms with Crippen LogP contribution in [0.4, 0.5) is 5.82 Å². The summed E-state index contributed by atoms with van der Waals surface area (Å²) in [7, 11) is 0. The van der Waals surface area contributed by atoms with Gasteiger partial charge in [-0.2, -0.15) is 5.10 Å². The number of thiazole rings is 1. The average molecular weight is 382 g/mol. The van der Waals surface area contributed by atoms with Gasteiger partial charge in [0, 0.05) is 44.2 Å². The number of aromatic nitrogens is 3. The fourth-order valence-electron chi connectivity index (χ4n) is 3.32. The number of benzene rings is 1. The number of aryl methyl sites for hydroxylation is 1. The van der Waals surface area contributed by atoms with Crippen molar-refractivity contribution in [1.82, 2.24) is 19.7 Å². The molecular weight excluding hydrogens is 358 g/mol. The molecule has 27 heavy (non-hydrogen) atoms. The molecule has 6 nitrogen and oxygen atoms in total. The highest BCUT2D eigenvalue weighted by atomic mass is 32.1. The molecule has 1 aliphatic heterocycles. The van der Waals surface area contributed by atoms with Crippen LogP contribution in [-0.2, 0) is 13.1 Å². The van der Waals surface area contributed by atoms with Crippen molar-refractivity contribution < 1.29 is 0 Å². The number of hydrogen-bond acceptors (Lipinski definition) is 6. The first-order valence-corrected chi connectivity index (χ1v) is 10.1. The van der Waals surface area contributed by atoms with E-state index in [4.69, 9.17) is 0 Å². The van der Waals surface area contributed by atoms with Gasteiger partial charge in [0.15, 0.2) is 0 Å². The van der Waals surface area contributed by atoms with Crippen molar-refractivity contribution in [3.63, 3.8) is 0 Å². The van der Waals surface area contributed by atoms with Crippen LogP contribution in [0.15, 0.2) is 52.6 Å². The summed E-state index contributed by atoms with van der Waals surface area (Å²) in [5.41, 5.74) is 2.16. The van der Waals surface area contributed by atoms with Crippen LogP contribution in [0.2, 0.25) is 0 Å². The van der Waals surface area contributed by atoms with E-state index in [1.165, 1.54) is 0 Å². The third-order valence-electron chi connectivity index (χ3n) is 4.78. The second-order valence-corrected chi connectivity index (χ2v) is 7.86. The van der Waals surface area contributed by atoms with Crippen molar-refractivity contribution in [2.75, 3.05) is 31.1 Å². The minimum atomic E-state index is -0.0693. The fraction of sp³-hybridized carbons (Fsp3) is 0.350. The molecule has 3 aromatic rings. The molecule has 1 aromatic carbocycles. The normalized spacial score (nSPS) is 15.2. The van der Waals surface area contributed by atoms with Crippen LogP contribution >= 0.6 is 11.3 Å². The topological polar surface area (TPSA) is 54.3 Å². The maximum Gasteiger partial charge on any atom is 0.267 e. The number of piperazine rings is 1. The van der Waals surface area contributed by atoms with Crippen molar-refractivity contribution in [3.05, 3.63) is 74.5 Å². The maximum absolute atomic E-state index is 12.2. The summed E-state index contributed by atoms with van der Waals surface area (Å²) in [6, 6.07) is 13.4. The molecular formula is C20H23N5OS.